The van der Waals surface area contributed by atoms with Crippen LogP contribution in [0, 0.1) is 0 Å². The molecule has 0 N–H and O–H groups in total. The maximum atomic E-state index is 3.57. The van der Waals surface area contributed by atoms with Crippen LogP contribution in [0.5, 0.6) is 0 Å². The van der Waals surface area contributed by atoms with Crippen molar-refractivity contribution in [2.45, 2.75) is 12.5 Å². The molecule has 0 fully saturated rings. The second-order valence-electron chi connectivity index (χ2n) is 2.36. The molecule has 1 aromatic rings. The fraction of sp³-hybridized carbons (Fsp3) is 0.250. The van der Waals surface area contributed by atoms with Gasteiger partial charge in [-0.2, -0.15) is 0 Å². The highest BCUT2D eigenvalue weighted by atomic mass is 79.9. The predicted molar refractivity (Wildman–Crippen MR) is 56.0 cm³/mol. The van der Waals surface area contributed by atoms with E-state index in [4.69, 9.17) is 0 Å². The Bertz CT molecular complexity index is 258. The Kier molecular flexibility index (Phi) is 3.34. The Labute approximate surface area is 87.1 Å². The van der Waals surface area contributed by atoms with Crippen molar-refractivity contribution in [2.24, 2.45) is 0 Å². The first-order valence-electron chi connectivity index (χ1n) is 3.28. The normalized spacial score (nSPS) is 13.1. The van der Waals surface area contributed by atoms with Crippen molar-refractivity contribution < 1.29 is 0 Å². The van der Waals surface area contributed by atoms with Crippen molar-refractivity contribution >= 4 is 42.1 Å². The highest BCUT2D eigenvalue weighted by Crippen LogP contribution is 2.29. The van der Waals surface area contributed by atoms with E-state index in [-0.39, 0.29) is 0 Å². The summed E-state index contributed by atoms with van der Waals surface area (Å²) in [5.41, 5.74) is 1.64. The number of rotatable bonds is 1. The molecule has 3 radical (unpaired) electrons. The quantitative estimate of drug-likeness (QED) is 0.695. The van der Waals surface area contributed by atoms with Gasteiger partial charge in [0.2, 0.25) is 0 Å². The Hall–Kier alpha value is 0.397. The van der Waals surface area contributed by atoms with Crippen molar-refractivity contribution in [1.82, 2.24) is 0 Å². The number of hydrogen-bond acceptors (Lipinski definition) is 0. The first-order valence-corrected chi connectivity index (χ1v) is 5.44. The molecular formula is C8H7Br2Si. The van der Waals surface area contributed by atoms with Crippen LogP contribution < -0.4 is 0 Å². The van der Waals surface area contributed by atoms with E-state index in [9.17, 15) is 0 Å². The first-order chi connectivity index (χ1) is 5.13. The van der Waals surface area contributed by atoms with Crippen LogP contribution in [0.2, 0.25) is 0 Å². The van der Waals surface area contributed by atoms with E-state index in [1.165, 1.54) is 5.56 Å². The van der Waals surface area contributed by atoms with Gasteiger partial charge in [-0.25, -0.2) is 0 Å². The number of hydrogen-bond donors (Lipinski definition) is 0. The van der Waals surface area contributed by atoms with Gasteiger partial charge in [0, 0.05) is 19.2 Å². The molecule has 0 saturated heterocycles. The van der Waals surface area contributed by atoms with E-state index in [2.05, 4.69) is 55.1 Å². The fourth-order valence-corrected chi connectivity index (χ4v) is 2.30. The van der Waals surface area contributed by atoms with Gasteiger partial charge in [0.05, 0.1) is 0 Å². The molecule has 0 aliphatic rings. The van der Waals surface area contributed by atoms with Gasteiger partial charge >= 0.3 is 0 Å². The molecule has 1 atom stereocenters. The second kappa shape index (κ2) is 3.87. The SMILES string of the molecule is CC([Si])c1cccc(Br)c1Br. The zero-order valence-corrected chi connectivity index (χ0v) is 10.2. The minimum absolute atomic E-state index is 0.377. The Morgan fingerprint density at radius 3 is 2.45 bits per heavy atom. The average Bonchev–Trinajstić information content (AvgIpc) is 1.94. The van der Waals surface area contributed by atoms with Gasteiger partial charge in [-0.3, -0.25) is 0 Å². The van der Waals surface area contributed by atoms with E-state index in [1.807, 2.05) is 12.1 Å². The third-order valence-corrected chi connectivity index (χ3v) is 3.84. The lowest BCUT2D eigenvalue weighted by Crippen LogP contribution is -1.93. The molecule has 1 aromatic carbocycles. The molecule has 0 aliphatic heterocycles. The standard InChI is InChI=1S/C8H7Br2Si/c1-5(11)6-3-2-4-7(9)8(6)10/h2-5H,1H3. The molecule has 1 rings (SSSR count). The van der Waals surface area contributed by atoms with E-state index < -0.39 is 0 Å². The third-order valence-electron chi connectivity index (χ3n) is 1.45. The topological polar surface area (TPSA) is 0 Å². The molecule has 1 unspecified atom stereocenters. The fourth-order valence-electron chi connectivity index (χ4n) is 0.855. The predicted octanol–water partition coefficient (Wildman–Crippen LogP) is 3.44. The molecule has 0 aliphatic carbocycles. The monoisotopic (exact) mass is 289 g/mol. The molecule has 0 saturated carbocycles. The summed E-state index contributed by atoms with van der Waals surface area (Å²) >= 11 is 6.95. The lowest BCUT2D eigenvalue weighted by atomic mass is 10.2. The number of benzene rings is 1. The summed E-state index contributed by atoms with van der Waals surface area (Å²) in [5, 5.41) is 0. The van der Waals surface area contributed by atoms with Crippen LogP contribution in [0.3, 0.4) is 0 Å². The van der Waals surface area contributed by atoms with Crippen LogP contribution in [-0.2, 0) is 0 Å². The minimum atomic E-state index is 0.377. The molecule has 3 heteroatoms. The maximum absolute atomic E-state index is 3.57. The van der Waals surface area contributed by atoms with Gasteiger partial charge < -0.3 is 0 Å². The van der Waals surface area contributed by atoms with Crippen LogP contribution in [0.1, 0.15) is 18.0 Å². The molecule has 0 aromatic heterocycles. The summed E-state index contributed by atoms with van der Waals surface area (Å²) in [5.74, 6) is 0. The molecule has 0 spiro atoms. The highest BCUT2D eigenvalue weighted by Gasteiger charge is 2.05. The second-order valence-corrected chi connectivity index (χ2v) is 4.88. The summed E-state index contributed by atoms with van der Waals surface area (Å²) in [4.78, 5) is 0. The number of halogens is 2. The van der Waals surface area contributed by atoms with Gasteiger partial charge in [-0.1, -0.05) is 19.1 Å². The van der Waals surface area contributed by atoms with Crippen LogP contribution in [0.4, 0.5) is 0 Å². The highest BCUT2D eigenvalue weighted by molar-refractivity contribution is 9.13. The summed E-state index contributed by atoms with van der Waals surface area (Å²) < 4.78 is 2.22. The van der Waals surface area contributed by atoms with E-state index in [0.29, 0.717) is 5.54 Å². The smallest absolute Gasteiger partial charge is 0.0348 e. The van der Waals surface area contributed by atoms with Crippen LogP contribution in [0.15, 0.2) is 27.1 Å². The molecular weight excluding hydrogens is 284 g/mol. The third kappa shape index (κ3) is 2.17. The molecule has 0 amide bonds. The Balaban J connectivity index is 3.17. The van der Waals surface area contributed by atoms with Crippen LogP contribution in [-0.4, -0.2) is 10.2 Å². The van der Waals surface area contributed by atoms with E-state index in [0.717, 1.165) is 8.95 Å². The van der Waals surface area contributed by atoms with Gasteiger partial charge in [0.1, 0.15) is 0 Å². The zero-order valence-electron chi connectivity index (χ0n) is 6.07. The lowest BCUT2D eigenvalue weighted by Gasteiger charge is -2.08. The largest absolute Gasteiger partial charge is 0.0616 e. The van der Waals surface area contributed by atoms with Crippen molar-refractivity contribution in [3.63, 3.8) is 0 Å². The molecule has 57 valence electrons. The van der Waals surface area contributed by atoms with Crippen molar-refractivity contribution in [2.75, 3.05) is 0 Å². The molecule has 0 nitrogen and oxygen atoms in total. The summed E-state index contributed by atoms with van der Waals surface area (Å²) in [7, 11) is 3.57. The molecule has 0 heterocycles. The van der Waals surface area contributed by atoms with Gasteiger partial charge in [0.25, 0.3) is 0 Å². The maximum Gasteiger partial charge on any atom is 0.0348 e. The lowest BCUT2D eigenvalue weighted by molar-refractivity contribution is 1.07. The average molecular weight is 291 g/mol. The zero-order chi connectivity index (χ0) is 8.43. The van der Waals surface area contributed by atoms with Crippen molar-refractivity contribution in [1.29, 1.82) is 0 Å². The Morgan fingerprint density at radius 2 is 2.00 bits per heavy atom. The summed E-state index contributed by atoms with van der Waals surface area (Å²) in [6, 6.07) is 6.13. The van der Waals surface area contributed by atoms with Crippen molar-refractivity contribution in [3.05, 3.63) is 32.7 Å². The van der Waals surface area contributed by atoms with Gasteiger partial charge in [-0.05, 0) is 49.0 Å². The molecule has 11 heavy (non-hydrogen) atoms. The van der Waals surface area contributed by atoms with Crippen molar-refractivity contribution in [3.8, 4) is 0 Å². The Morgan fingerprint density at radius 1 is 1.36 bits per heavy atom. The van der Waals surface area contributed by atoms with Gasteiger partial charge in [0.15, 0.2) is 0 Å². The first kappa shape index (κ1) is 9.48. The summed E-state index contributed by atoms with van der Waals surface area (Å²) in [6.45, 7) is 2.10. The van der Waals surface area contributed by atoms with Crippen LogP contribution in [0.25, 0.3) is 0 Å². The van der Waals surface area contributed by atoms with E-state index in [1.54, 1.807) is 0 Å². The van der Waals surface area contributed by atoms with E-state index >= 15 is 0 Å². The van der Waals surface area contributed by atoms with Gasteiger partial charge in [-0.15, -0.1) is 0 Å². The molecule has 0 bridgehead atoms. The minimum Gasteiger partial charge on any atom is -0.0616 e. The summed E-state index contributed by atoms with van der Waals surface area (Å²) in [6.07, 6.45) is 0. The van der Waals surface area contributed by atoms with Crippen LogP contribution >= 0.6 is 31.9 Å².